The molecule has 0 aliphatic carbocycles. The van der Waals surface area contributed by atoms with Crippen LogP contribution in [0.15, 0.2) is 59.3 Å². The van der Waals surface area contributed by atoms with Crippen LogP contribution in [0.4, 0.5) is 0 Å². The second kappa shape index (κ2) is 7.27. The molecule has 0 fully saturated rings. The Balaban J connectivity index is 1.92. The second-order valence-electron chi connectivity index (χ2n) is 5.69. The minimum atomic E-state index is -0.272. The Morgan fingerprint density at radius 2 is 2.12 bits per heavy atom. The Morgan fingerprint density at radius 1 is 1.29 bits per heavy atom. The van der Waals surface area contributed by atoms with Gasteiger partial charge in [0.2, 0.25) is 0 Å². The van der Waals surface area contributed by atoms with Gasteiger partial charge >= 0.3 is 0 Å². The highest BCUT2D eigenvalue weighted by atomic mass is 16.3. The van der Waals surface area contributed by atoms with Gasteiger partial charge in [0.15, 0.2) is 5.76 Å². The molecule has 2 heterocycles. The lowest BCUT2D eigenvalue weighted by Crippen LogP contribution is -2.41. The molecule has 1 amide bonds. The van der Waals surface area contributed by atoms with Gasteiger partial charge in [0, 0.05) is 24.3 Å². The number of fused-ring (bicyclic) bond motifs is 1. The van der Waals surface area contributed by atoms with Gasteiger partial charge in [-0.05, 0) is 30.2 Å². The van der Waals surface area contributed by atoms with Crippen LogP contribution in [-0.4, -0.2) is 33.5 Å². The molecule has 24 heavy (non-hydrogen) atoms. The summed E-state index contributed by atoms with van der Waals surface area (Å²) in [5.74, 6) is 0.0583. The van der Waals surface area contributed by atoms with Gasteiger partial charge in [-0.1, -0.05) is 31.2 Å². The van der Waals surface area contributed by atoms with Crippen LogP contribution in [0.25, 0.3) is 11.0 Å². The Morgan fingerprint density at radius 3 is 2.79 bits per heavy atom. The average Bonchev–Trinajstić information content (AvgIpc) is 3.06. The van der Waals surface area contributed by atoms with Gasteiger partial charge in [-0.2, -0.15) is 0 Å². The zero-order valence-corrected chi connectivity index (χ0v) is 13.6. The van der Waals surface area contributed by atoms with Gasteiger partial charge in [-0.25, -0.2) is 0 Å². The largest absolute Gasteiger partial charge is 0.451 e. The molecule has 0 saturated carbocycles. The van der Waals surface area contributed by atoms with Crippen molar-refractivity contribution in [2.45, 2.75) is 25.9 Å². The van der Waals surface area contributed by atoms with Crippen LogP contribution in [0, 0.1) is 0 Å². The maximum atomic E-state index is 13.0. The van der Waals surface area contributed by atoms with E-state index in [-0.39, 0.29) is 24.3 Å². The van der Waals surface area contributed by atoms with E-state index in [4.69, 9.17) is 4.42 Å². The molecule has 124 valence electrons. The average molecular weight is 324 g/mol. The van der Waals surface area contributed by atoms with E-state index >= 15 is 0 Å². The van der Waals surface area contributed by atoms with E-state index in [1.54, 1.807) is 23.4 Å². The molecule has 2 aromatic heterocycles. The quantitative estimate of drug-likeness (QED) is 0.756. The van der Waals surface area contributed by atoms with Crippen molar-refractivity contribution in [3.8, 4) is 0 Å². The second-order valence-corrected chi connectivity index (χ2v) is 5.69. The zero-order valence-electron chi connectivity index (χ0n) is 13.6. The lowest BCUT2D eigenvalue weighted by atomic mass is 10.1. The van der Waals surface area contributed by atoms with Gasteiger partial charge < -0.3 is 14.4 Å². The van der Waals surface area contributed by atoms with E-state index in [1.165, 1.54) is 0 Å². The zero-order chi connectivity index (χ0) is 16.9. The third kappa shape index (κ3) is 3.31. The molecule has 0 aliphatic rings. The SMILES string of the molecule is CCC(CO)N(Cc1cccnc1)C(=O)c1cc2ccccc2o1. The molecule has 0 aliphatic heterocycles. The highest BCUT2D eigenvalue weighted by Crippen LogP contribution is 2.22. The number of nitrogens with zero attached hydrogens (tertiary/aromatic N) is 2. The van der Waals surface area contributed by atoms with Crippen molar-refractivity contribution in [3.05, 3.63) is 66.2 Å². The van der Waals surface area contributed by atoms with Crippen LogP contribution < -0.4 is 0 Å². The van der Waals surface area contributed by atoms with Crippen LogP contribution >= 0.6 is 0 Å². The summed E-state index contributed by atoms with van der Waals surface area (Å²) in [5.41, 5.74) is 1.59. The number of aliphatic hydroxyl groups excluding tert-OH is 1. The summed E-state index contributed by atoms with van der Waals surface area (Å²) in [6.45, 7) is 2.23. The highest BCUT2D eigenvalue weighted by molar-refractivity contribution is 5.96. The molecule has 0 spiro atoms. The number of aliphatic hydroxyl groups is 1. The molecule has 3 aromatic rings. The number of carbonyl (C=O) groups is 1. The Bertz CT molecular complexity index is 777. The predicted molar refractivity (Wildman–Crippen MR) is 91.5 cm³/mol. The predicted octanol–water partition coefficient (Wildman–Crippen LogP) is 3.24. The van der Waals surface area contributed by atoms with Crippen LogP contribution in [0.5, 0.6) is 0 Å². The number of benzene rings is 1. The number of pyridine rings is 1. The van der Waals surface area contributed by atoms with Crippen LogP contribution in [-0.2, 0) is 6.54 Å². The van der Waals surface area contributed by atoms with Crippen LogP contribution in [0.3, 0.4) is 0 Å². The lowest BCUT2D eigenvalue weighted by Gasteiger charge is -2.29. The fourth-order valence-electron chi connectivity index (χ4n) is 2.73. The first-order valence-electron chi connectivity index (χ1n) is 8.02. The summed E-state index contributed by atoms with van der Waals surface area (Å²) in [6.07, 6.45) is 4.07. The molecular weight excluding hydrogens is 304 g/mol. The minimum Gasteiger partial charge on any atom is -0.451 e. The molecule has 1 unspecified atom stereocenters. The number of hydrogen-bond acceptors (Lipinski definition) is 4. The molecule has 0 saturated heterocycles. The summed E-state index contributed by atoms with van der Waals surface area (Å²) in [4.78, 5) is 18.7. The van der Waals surface area contributed by atoms with E-state index in [2.05, 4.69) is 4.98 Å². The van der Waals surface area contributed by atoms with Gasteiger partial charge in [-0.15, -0.1) is 0 Å². The van der Waals surface area contributed by atoms with Crippen molar-refractivity contribution in [1.82, 2.24) is 9.88 Å². The van der Waals surface area contributed by atoms with E-state index in [1.807, 2.05) is 43.3 Å². The molecule has 0 radical (unpaired) electrons. The summed E-state index contributed by atoms with van der Waals surface area (Å²) in [6, 6.07) is 12.7. The molecule has 5 nitrogen and oxygen atoms in total. The Hall–Kier alpha value is -2.66. The topological polar surface area (TPSA) is 66.6 Å². The number of carbonyl (C=O) groups excluding carboxylic acids is 1. The van der Waals surface area contributed by atoms with Crippen molar-refractivity contribution < 1.29 is 14.3 Å². The first kappa shape index (κ1) is 16.2. The monoisotopic (exact) mass is 324 g/mol. The number of furan rings is 1. The standard InChI is InChI=1S/C19H20N2O3/c1-2-16(13-22)21(12-14-6-5-9-20-11-14)19(23)18-10-15-7-3-4-8-17(15)24-18/h3-11,16,22H,2,12-13H2,1H3. The normalized spacial score (nSPS) is 12.2. The molecule has 3 rings (SSSR count). The summed E-state index contributed by atoms with van der Waals surface area (Å²) in [5, 5.41) is 10.6. The first-order chi connectivity index (χ1) is 11.7. The van der Waals surface area contributed by atoms with Crippen LogP contribution in [0.1, 0.15) is 29.5 Å². The Labute approximate surface area is 140 Å². The number of hydrogen-bond donors (Lipinski definition) is 1. The molecular formula is C19H20N2O3. The number of para-hydroxylation sites is 1. The van der Waals surface area contributed by atoms with Crippen molar-refractivity contribution >= 4 is 16.9 Å². The van der Waals surface area contributed by atoms with E-state index in [9.17, 15) is 9.90 Å². The van der Waals surface area contributed by atoms with Crippen molar-refractivity contribution in [3.63, 3.8) is 0 Å². The van der Waals surface area contributed by atoms with E-state index < -0.39 is 0 Å². The summed E-state index contributed by atoms with van der Waals surface area (Å²) >= 11 is 0. The maximum absolute atomic E-state index is 13.0. The molecule has 0 bridgehead atoms. The third-order valence-electron chi connectivity index (χ3n) is 4.10. The van der Waals surface area contributed by atoms with Crippen LogP contribution in [0.2, 0.25) is 0 Å². The number of rotatable bonds is 6. The molecule has 1 atom stereocenters. The summed E-state index contributed by atoms with van der Waals surface area (Å²) in [7, 11) is 0. The smallest absolute Gasteiger partial charge is 0.290 e. The van der Waals surface area contributed by atoms with Crippen molar-refractivity contribution in [2.75, 3.05) is 6.61 Å². The molecule has 1 N–H and O–H groups in total. The van der Waals surface area contributed by atoms with E-state index in [0.29, 0.717) is 18.5 Å². The third-order valence-corrected chi connectivity index (χ3v) is 4.10. The van der Waals surface area contributed by atoms with Gasteiger partial charge in [0.05, 0.1) is 12.6 Å². The fraction of sp³-hybridized carbons (Fsp3) is 0.263. The van der Waals surface area contributed by atoms with Crippen molar-refractivity contribution in [2.24, 2.45) is 0 Å². The Kier molecular flexibility index (Phi) is 4.91. The van der Waals surface area contributed by atoms with Gasteiger partial charge in [0.25, 0.3) is 5.91 Å². The fourth-order valence-corrected chi connectivity index (χ4v) is 2.73. The van der Waals surface area contributed by atoms with Crippen molar-refractivity contribution in [1.29, 1.82) is 0 Å². The van der Waals surface area contributed by atoms with E-state index in [0.717, 1.165) is 10.9 Å². The molecule has 5 heteroatoms. The molecule has 1 aromatic carbocycles. The number of amides is 1. The first-order valence-corrected chi connectivity index (χ1v) is 8.02. The highest BCUT2D eigenvalue weighted by Gasteiger charge is 2.26. The van der Waals surface area contributed by atoms with Gasteiger partial charge in [0.1, 0.15) is 5.58 Å². The minimum absolute atomic E-state index is 0.0945. The van der Waals surface area contributed by atoms with Gasteiger partial charge in [-0.3, -0.25) is 9.78 Å². The maximum Gasteiger partial charge on any atom is 0.290 e. The lowest BCUT2D eigenvalue weighted by molar-refractivity contribution is 0.0534. The summed E-state index contributed by atoms with van der Waals surface area (Å²) < 4.78 is 5.70. The number of aromatic nitrogens is 1.